The second-order valence-electron chi connectivity index (χ2n) is 5.08. The molecular formula is C13H24ClN3O. The third-order valence-corrected chi connectivity index (χ3v) is 3.36. The Balaban J connectivity index is 2.48. The number of hydrogen-bond acceptors (Lipinski definition) is 3. The molecule has 1 heterocycles. The highest BCUT2D eigenvalue weighted by Crippen LogP contribution is 2.19. The first-order valence-corrected chi connectivity index (χ1v) is 6.94. The average molecular weight is 274 g/mol. The summed E-state index contributed by atoms with van der Waals surface area (Å²) in [5, 5.41) is 18.1. The van der Waals surface area contributed by atoms with E-state index in [1.165, 1.54) is 0 Å². The SMILES string of the molecule is CCn1nc(C)c(Cl)c1CNCC(O)CC(C)C. The maximum absolute atomic E-state index is 9.78. The molecule has 0 saturated heterocycles. The fraction of sp³-hybridized carbons (Fsp3) is 0.769. The van der Waals surface area contributed by atoms with Crippen LogP contribution >= 0.6 is 11.6 Å². The van der Waals surface area contributed by atoms with Gasteiger partial charge < -0.3 is 10.4 Å². The van der Waals surface area contributed by atoms with E-state index < -0.39 is 0 Å². The number of halogens is 1. The van der Waals surface area contributed by atoms with E-state index in [2.05, 4.69) is 24.3 Å². The molecule has 2 N–H and O–H groups in total. The van der Waals surface area contributed by atoms with Crippen molar-refractivity contribution < 1.29 is 5.11 Å². The van der Waals surface area contributed by atoms with E-state index in [-0.39, 0.29) is 6.10 Å². The molecule has 5 heteroatoms. The molecule has 1 aromatic heterocycles. The number of aryl methyl sites for hydroxylation is 2. The van der Waals surface area contributed by atoms with Gasteiger partial charge in [0, 0.05) is 19.6 Å². The lowest BCUT2D eigenvalue weighted by molar-refractivity contribution is 0.146. The fourth-order valence-corrected chi connectivity index (χ4v) is 2.22. The van der Waals surface area contributed by atoms with Crippen molar-refractivity contribution in [3.05, 3.63) is 16.4 Å². The van der Waals surface area contributed by atoms with Crippen molar-refractivity contribution in [3.8, 4) is 0 Å². The molecule has 1 aromatic rings. The van der Waals surface area contributed by atoms with E-state index in [9.17, 15) is 5.11 Å². The molecule has 0 radical (unpaired) electrons. The van der Waals surface area contributed by atoms with Gasteiger partial charge in [0.15, 0.2) is 0 Å². The van der Waals surface area contributed by atoms with Gasteiger partial charge in [-0.3, -0.25) is 4.68 Å². The number of rotatable bonds is 7. The van der Waals surface area contributed by atoms with Crippen LogP contribution in [0.1, 0.15) is 38.6 Å². The van der Waals surface area contributed by atoms with E-state index in [0.717, 1.165) is 29.4 Å². The Morgan fingerprint density at radius 2 is 2.11 bits per heavy atom. The monoisotopic (exact) mass is 273 g/mol. The van der Waals surface area contributed by atoms with Gasteiger partial charge in [-0.15, -0.1) is 0 Å². The molecule has 0 fully saturated rings. The topological polar surface area (TPSA) is 50.1 Å². The second-order valence-corrected chi connectivity index (χ2v) is 5.45. The van der Waals surface area contributed by atoms with E-state index in [1.54, 1.807) is 0 Å². The van der Waals surface area contributed by atoms with E-state index in [0.29, 0.717) is 19.0 Å². The highest BCUT2D eigenvalue weighted by atomic mass is 35.5. The number of nitrogens with one attached hydrogen (secondary N) is 1. The molecule has 1 atom stereocenters. The van der Waals surface area contributed by atoms with Crippen molar-refractivity contribution in [2.75, 3.05) is 6.54 Å². The molecule has 0 aliphatic heterocycles. The molecule has 0 aromatic carbocycles. The Bertz CT molecular complexity index is 377. The van der Waals surface area contributed by atoms with Crippen LogP contribution in [-0.2, 0) is 13.1 Å². The van der Waals surface area contributed by atoms with Crippen LogP contribution in [0.2, 0.25) is 5.02 Å². The summed E-state index contributed by atoms with van der Waals surface area (Å²) in [5.74, 6) is 0.508. The Morgan fingerprint density at radius 3 is 2.67 bits per heavy atom. The Labute approximate surface area is 114 Å². The molecule has 0 saturated carbocycles. The fourth-order valence-electron chi connectivity index (χ4n) is 2.02. The molecule has 104 valence electrons. The molecule has 4 nitrogen and oxygen atoms in total. The molecule has 1 rings (SSSR count). The zero-order valence-electron chi connectivity index (χ0n) is 11.7. The predicted molar refractivity (Wildman–Crippen MR) is 74.8 cm³/mol. The highest BCUT2D eigenvalue weighted by molar-refractivity contribution is 6.31. The minimum absolute atomic E-state index is 0.303. The zero-order valence-corrected chi connectivity index (χ0v) is 12.5. The molecule has 0 bridgehead atoms. The van der Waals surface area contributed by atoms with Crippen molar-refractivity contribution in [2.45, 2.75) is 53.3 Å². The van der Waals surface area contributed by atoms with Gasteiger partial charge >= 0.3 is 0 Å². The van der Waals surface area contributed by atoms with Gasteiger partial charge in [-0.1, -0.05) is 25.4 Å². The number of nitrogens with zero attached hydrogens (tertiary/aromatic N) is 2. The maximum atomic E-state index is 9.78. The Kier molecular flexibility index (Phi) is 6.12. The maximum Gasteiger partial charge on any atom is 0.0860 e. The van der Waals surface area contributed by atoms with Gasteiger partial charge in [0.1, 0.15) is 0 Å². The molecule has 1 unspecified atom stereocenters. The standard InChI is InChI=1S/C13H24ClN3O/c1-5-17-12(13(14)10(4)16-17)8-15-7-11(18)6-9(2)3/h9,11,15,18H,5-8H2,1-4H3. The molecule has 0 spiro atoms. The van der Waals surface area contributed by atoms with Gasteiger partial charge in [-0.2, -0.15) is 5.10 Å². The van der Waals surface area contributed by atoms with Gasteiger partial charge in [0.05, 0.1) is 22.5 Å². The molecule has 0 amide bonds. The van der Waals surface area contributed by atoms with Crippen LogP contribution in [0.3, 0.4) is 0 Å². The first-order chi connectivity index (χ1) is 8.45. The number of aliphatic hydroxyl groups excluding tert-OH is 1. The zero-order chi connectivity index (χ0) is 13.7. The van der Waals surface area contributed by atoms with Crippen LogP contribution in [0.25, 0.3) is 0 Å². The average Bonchev–Trinajstić information content (AvgIpc) is 2.55. The summed E-state index contributed by atoms with van der Waals surface area (Å²) in [7, 11) is 0. The van der Waals surface area contributed by atoms with Gasteiger partial charge in [0.2, 0.25) is 0 Å². The lowest BCUT2D eigenvalue weighted by Crippen LogP contribution is -2.28. The lowest BCUT2D eigenvalue weighted by Gasteiger charge is -2.14. The third kappa shape index (κ3) is 4.26. The van der Waals surface area contributed by atoms with E-state index in [1.807, 2.05) is 18.5 Å². The molecule has 0 aliphatic rings. The quantitative estimate of drug-likeness (QED) is 0.802. The first kappa shape index (κ1) is 15.5. The van der Waals surface area contributed by atoms with Crippen LogP contribution in [0.4, 0.5) is 0 Å². The summed E-state index contributed by atoms with van der Waals surface area (Å²) in [6.07, 6.45) is 0.509. The molecular weight excluding hydrogens is 250 g/mol. The Morgan fingerprint density at radius 1 is 1.44 bits per heavy atom. The number of hydrogen-bond donors (Lipinski definition) is 2. The Hall–Kier alpha value is -0.580. The van der Waals surface area contributed by atoms with Crippen molar-refractivity contribution in [1.82, 2.24) is 15.1 Å². The van der Waals surface area contributed by atoms with Crippen LogP contribution in [0.5, 0.6) is 0 Å². The van der Waals surface area contributed by atoms with Gasteiger partial charge in [0.25, 0.3) is 0 Å². The minimum atomic E-state index is -0.303. The van der Waals surface area contributed by atoms with Crippen molar-refractivity contribution >= 4 is 11.6 Å². The second kappa shape index (κ2) is 7.12. The smallest absolute Gasteiger partial charge is 0.0860 e. The summed E-state index contributed by atoms with van der Waals surface area (Å²) in [4.78, 5) is 0. The lowest BCUT2D eigenvalue weighted by atomic mass is 10.1. The van der Waals surface area contributed by atoms with Gasteiger partial charge in [-0.25, -0.2) is 0 Å². The summed E-state index contributed by atoms with van der Waals surface area (Å²) >= 11 is 6.21. The van der Waals surface area contributed by atoms with Crippen LogP contribution < -0.4 is 5.32 Å². The van der Waals surface area contributed by atoms with Crippen molar-refractivity contribution in [2.24, 2.45) is 5.92 Å². The van der Waals surface area contributed by atoms with Crippen molar-refractivity contribution in [1.29, 1.82) is 0 Å². The van der Waals surface area contributed by atoms with Crippen LogP contribution in [-0.4, -0.2) is 27.5 Å². The van der Waals surface area contributed by atoms with Crippen LogP contribution in [0, 0.1) is 12.8 Å². The molecule has 18 heavy (non-hydrogen) atoms. The van der Waals surface area contributed by atoms with Crippen molar-refractivity contribution in [3.63, 3.8) is 0 Å². The number of aromatic nitrogens is 2. The largest absolute Gasteiger partial charge is 0.392 e. The predicted octanol–water partition coefficient (Wildman–Crippen LogP) is 2.36. The summed E-state index contributed by atoms with van der Waals surface area (Å²) < 4.78 is 1.90. The summed E-state index contributed by atoms with van der Waals surface area (Å²) in [6, 6.07) is 0. The van der Waals surface area contributed by atoms with Gasteiger partial charge in [-0.05, 0) is 26.2 Å². The third-order valence-electron chi connectivity index (χ3n) is 2.87. The normalized spacial score (nSPS) is 13.3. The molecule has 0 aliphatic carbocycles. The van der Waals surface area contributed by atoms with E-state index in [4.69, 9.17) is 11.6 Å². The minimum Gasteiger partial charge on any atom is -0.392 e. The first-order valence-electron chi connectivity index (χ1n) is 6.56. The van der Waals surface area contributed by atoms with Crippen LogP contribution in [0.15, 0.2) is 0 Å². The number of aliphatic hydroxyl groups is 1. The van der Waals surface area contributed by atoms with E-state index >= 15 is 0 Å². The summed E-state index contributed by atoms with van der Waals surface area (Å²) in [5.41, 5.74) is 1.85. The summed E-state index contributed by atoms with van der Waals surface area (Å²) in [6.45, 7) is 10.2. The highest BCUT2D eigenvalue weighted by Gasteiger charge is 2.13.